The third kappa shape index (κ3) is 5.06. The number of nitrogens with one attached hydrogen (secondary N) is 1. The Bertz CT molecular complexity index is 802. The number of hydrogen-bond acceptors (Lipinski definition) is 5. The van der Waals surface area contributed by atoms with Gasteiger partial charge in [0.05, 0.1) is 7.11 Å². The molecule has 1 amide bonds. The Morgan fingerprint density at radius 1 is 1.08 bits per heavy atom. The highest BCUT2D eigenvalue weighted by Gasteiger charge is 2.16. The molecule has 0 bridgehead atoms. The molecule has 1 N–H and O–H groups in total. The standard InChI is InChI=1S/C18H16ClNO5/c1-11(21)20-14-6-3-12(4-7-14)16(22)10-25-18(23)15-9-13(19)5-8-17(15)24-2/h3-9H,10H2,1-2H3,(H,20,21). The first-order valence-corrected chi connectivity index (χ1v) is 7.70. The molecule has 25 heavy (non-hydrogen) atoms. The average Bonchev–Trinajstić information content (AvgIpc) is 2.59. The molecule has 0 aromatic heterocycles. The highest BCUT2D eigenvalue weighted by atomic mass is 35.5. The number of rotatable bonds is 6. The fraction of sp³-hybridized carbons (Fsp3) is 0.167. The van der Waals surface area contributed by atoms with Crippen LogP contribution in [0, 0.1) is 0 Å². The summed E-state index contributed by atoms with van der Waals surface area (Å²) in [5.41, 5.74) is 1.08. The van der Waals surface area contributed by atoms with Crippen molar-refractivity contribution < 1.29 is 23.9 Å². The van der Waals surface area contributed by atoms with Gasteiger partial charge in [-0.1, -0.05) is 11.6 Å². The molecule has 0 saturated heterocycles. The molecule has 7 heteroatoms. The zero-order valence-electron chi connectivity index (χ0n) is 13.7. The molecule has 0 unspecified atom stereocenters. The molecule has 2 aromatic carbocycles. The van der Waals surface area contributed by atoms with E-state index in [0.717, 1.165) is 0 Å². The first kappa shape index (κ1) is 18.5. The van der Waals surface area contributed by atoms with E-state index in [4.69, 9.17) is 21.1 Å². The van der Waals surface area contributed by atoms with E-state index in [1.807, 2.05) is 0 Å². The molecule has 0 spiro atoms. The lowest BCUT2D eigenvalue weighted by Gasteiger charge is -2.09. The topological polar surface area (TPSA) is 81.7 Å². The van der Waals surface area contributed by atoms with Crippen molar-refractivity contribution in [2.45, 2.75) is 6.92 Å². The summed E-state index contributed by atoms with van der Waals surface area (Å²) >= 11 is 5.87. The van der Waals surface area contributed by atoms with Gasteiger partial charge in [0.15, 0.2) is 12.4 Å². The fourth-order valence-electron chi connectivity index (χ4n) is 2.07. The van der Waals surface area contributed by atoms with Crippen LogP contribution in [0.1, 0.15) is 27.6 Å². The number of ether oxygens (including phenoxy) is 2. The van der Waals surface area contributed by atoms with Crippen molar-refractivity contribution in [3.63, 3.8) is 0 Å². The van der Waals surface area contributed by atoms with Gasteiger partial charge in [0.2, 0.25) is 5.91 Å². The van der Waals surface area contributed by atoms with Crippen LogP contribution in [-0.4, -0.2) is 31.4 Å². The highest BCUT2D eigenvalue weighted by molar-refractivity contribution is 6.31. The average molecular weight is 362 g/mol. The number of ketones is 1. The second-order valence-corrected chi connectivity index (χ2v) is 5.54. The number of methoxy groups -OCH3 is 1. The minimum Gasteiger partial charge on any atom is -0.496 e. The SMILES string of the molecule is COc1ccc(Cl)cc1C(=O)OCC(=O)c1ccc(NC(C)=O)cc1. The van der Waals surface area contributed by atoms with Crippen molar-refractivity contribution in [3.05, 3.63) is 58.6 Å². The van der Waals surface area contributed by atoms with E-state index < -0.39 is 12.6 Å². The number of carbonyl (C=O) groups is 3. The Morgan fingerprint density at radius 2 is 1.76 bits per heavy atom. The summed E-state index contributed by atoms with van der Waals surface area (Å²) in [7, 11) is 1.42. The summed E-state index contributed by atoms with van der Waals surface area (Å²) in [6.07, 6.45) is 0. The predicted molar refractivity (Wildman–Crippen MR) is 93.4 cm³/mol. The smallest absolute Gasteiger partial charge is 0.342 e. The summed E-state index contributed by atoms with van der Waals surface area (Å²) in [4.78, 5) is 35.2. The second-order valence-electron chi connectivity index (χ2n) is 5.10. The molecule has 0 aliphatic rings. The molecular weight excluding hydrogens is 346 g/mol. The number of halogens is 1. The largest absolute Gasteiger partial charge is 0.496 e. The zero-order chi connectivity index (χ0) is 18.4. The molecule has 0 heterocycles. The van der Waals surface area contributed by atoms with E-state index in [-0.39, 0.29) is 17.3 Å². The van der Waals surface area contributed by atoms with Crippen molar-refractivity contribution in [2.75, 3.05) is 19.0 Å². The maximum atomic E-state index is 12.1. The number of carbonyl (C=O) groups excluding carboxylic acids is 3. The van der Waals surface area contributed by atoms with Gasteiger partial charge in [-0.15, -0.1) is 0 Å². The van der Waals surface area contributed by atoms with E-state index in [9.17, 15) is 14.4 Å². The number of hydrogen-bond donors (Lipinski definition) is 1. The van der Waals surface area contributed by atoms with Gasteiger partial charge in [-0.2, -0.15) is 0 Å². The number of esters is 1. The van der Waals surface area contributed by atoms with E-state index >= 15 is 0 Å². The fourth-order valence-corrected chi connectivity index (χ4v) is 2.25. The molecule has 0 aliphatic heterocycles. The summed E-state index contributed by atoms with van der Waals surface area (Å²) in [6.45, 7) is 0.969. The van der Waals surface area contributed by atoms with Crippen LogP contribution in [0.2, 0.25) is 5.02 Å². The Hall–Kier alpha value is -2.86. The van der Waals surface area contributed by atoms with Crippen LogP contribution in [0.25, 0.3) is 0 Å². The van der Waals surface area contributed by atoms with Gasteiger partial charge in [0.1, 0.15) is 11.3 Å². The molecule has 130 valence electrons. The molecule has 0 fully saturated rings. The molecule has 2 rings (SSSR count). The summed E-state index contributed by atoms with van der Waals surface area (Å²) in [5.74, 6) is -0.976. The van der Waals surface area contributed by atoms with Crippen LogP contribution < -0.4 is 10.1 Å². The lowest BCUT2D eigenvalue weighted by molar-refractivity contribution is -0.114. The Labute approximate surface area is 149 Å². The molecule has 2 aromatic rings. The van der Waals surface area contributed by atoms with Gasteiger partial charge in [0.25, 0.3) is 0 Å². The highest BCUT2D eigenvalue weighted by Crippen LogP contribution is 2.23. The monoisotopic (exact) mass is 361 g/mol. The molecule has 0 saturated carbocycles. The van der Waals surface area contributed by atoms with Crippen LogP contribution in [0.4, 0.5) is 5.69 Å². The second kappa shape index (κ2) is 8.30. The normalized spacial score (nSPS) is 10.0. The lowest BCUT2D eigenvalue weighted by atomic mass is 10.1. The molecule has 0 aliphatic carbocycles. The van der Waals surface area contributed by atoms with Gasteiger partial charge >= 0.3 is 5.97 Å². The first-order valence-electron chi connectivity index (χ1n) is 7.32. The molecule has 6 nitrogen and oxygen atoms in total. The van der Waals surface area contributed by atoms with Crippen LogP contribution in [-0.2, 0) is 9.53 Å². The number of amides is 1. The van der Waals surface area contributed by atoms with Gasteiger partial charge in [-0.05, 0) is 42.5 Å². The quantitative estimate of drug-likeness (QED) is 0.630. The number of Topliss-reactive ketones (excluding diaryl/α,β-unsaturated/α-hetero) is 1. The minimum absolute atomic E-state index is 0.142. The van der Waals surface area contributed by atoms with Gasteiger partial charge in [0, 0.05) is 23.2 Å². The van der Waals surface area contributed by atoms with Crippen molar-refractivity contribution in [3.8, 4) is 5.75 Å². The summed E-state index contributed by atoms with van der Waals surface area (Å²) < 4.78 is 10.1. The summed E-state index contributed by atoms with van der Waals surface area (Å²) in [5, 5.41) is 2.95. The van der Waals surface area contributed by atoms with Crippen molar-refractivity contribution >= 4 is 34.9 Å². The Balaban J connectivity index is 2.01. The molecule has 0 radical (unpaired) electrons. The van der Waals surface area contributed by atoms with Crippen molar-refractivity contribution in [2.24, 2.45) is 0 Å². The van der Waals surface area contributed by atoms with E-state index in [1.165, 1.54) is 20.1 Å². The van der Waals surface area contributed by atoms with E-state index in [2.05, 4.69) is 5.32 Å². The maximum absolute atomic E-state index is 12.1. The first-order chi connectivity index (χ1) is 11.9. The summed E-state index contributed by atoms with van der Waals surface area (Å²) in [6, 6.07) is 10.8. The van der Waals surface area contributed by atoms with Crippen molar-refractivity contribution in [1.82, 2.24) is 0 Å². The molecule has 0 atom stereocenters. The third-order valence-electron chi connectivity index (χ3n) is 3.24. The molecular formula is C18H16ClNO5. The van der Waals surface area contributed by atoms with E-state index in [0.29, 0.717) is 22.0 Å². The van der Waals surface area contributed by atoms with Crippen molar-refractivity contribution in [1.29, 1.82) is 0 Å². The van der Waals surface area contributed by atoms with Gasteiger partial charge in [-0.25, -0.2) is 4.79 Å². The van der Waals surface area contributed by atoms with E-state index in [1.54, 1.807) is 36.4 Å². The lowest BCUT2D eigenvalue weighted by Crippen LogP contribution is -2.15. The Morgan fingerprint density at radius 3 is 2.36 bits per heavy atom. The zero-order valence-corrected chi connectivity index (χ0v) is 14.4. The van der Waals surface area contributed by atoms with Crippen LogP contribution >= 0.6 is 11.6 Å². The van der Waals surface area contributed by atoms with Crippen LogP contribution in [0.3, 0.4) is 0 Å². The number of anilines is 1. The maximum Gasteiger partial charge on any atom is 0.342 e. The third-order valence-corrected chi connectivity index (χ3v) is 3.48. The number of benzene rings is 2. The van der Waals surface area contributed by atoms with Crippen LogP contribution in [0.5, 0.6) is 5.75 Å². The van der Waals surface area contributed by atoms with Gasteiger partial charge < -0.3 is 14.8 Å². The predicted octanol–water partition coefficient (Wildman–Crippen LogP) is 3.35. The van der Waals surface area contributed by atoms with Crippen LogP contribution in [0.15, 0.2) is 42.5 Å². The van der Waals surface area contributed by atoms with Gasteiger partial charge in [-0.3, -0.25) is 9.59 Å². The Kier molecular flexibility index (Phi) is 6.14. The minimum atomic E-state index is -0.706.